The molecule has 0 spiro atoms. The number of rotatable bonds is 9. The van der Waals surface area contributed by atoms with E-state index in [1.54, 1.807) is 44.1 Å². The van der Waals surface area contributed by atoms with Crippen LogP contribution in [0.15, 0.2) is 36.4 Å². The van der Waals surface area contributed by atoms with Crippen LogP contribution in [-0.4, -0.2) is 0 Å². The highest BCUT2D eigenvalue weighted by atomic mass is 14.4. The van der Waals surface area contributed by atoms with Crippen molar-refractivity contribution in [1.82, 2.24) is 0 Å². The molecule has 0 aromatic heterocycles. The summed E-state index contributed by atoms with van der Waals surface area (Å²) >= 11 is 0. The fraction of sp³-hybridized carbons (Fsp3) is 0.750. The van der Waals surface area contributed by atoms with Crippen molar-refractivity contribution in [2.45, 2.75) is 122 Å². The molecule has 4 unspecified atom stereocenters. The van der Waals surface area contributed by atoms with E-state index < -0.39 is 0 Å². The molecule has 32 heavy (non-hydrogen) atoms. The third-order valence-electron chi connectivity index (χ3n) is 9.70. The summed E-state index contributed by atoms with van der Waals surface area (Å²) in [7, 11) is 0. The summed E-state index contributed by atoms with van der Waals surface area (Å²) in [5, 5.41) is 0. The van der Waals surface area contributed by atoms with Gasteiger partial charge in [-0.25, -0.2) is 0 Å². The van der Waals surface area contributed by atoms with Crippen molar-refractivity contribution in [2.24, 2.45) is 29.6 Å². The zero-order valence-electron chi connectivity index (χ0n) is 21.2. The van der Waals surface area contributed by atoms with E-state index in [9.17, 15) is 0 Å². The fourth-order valence-corrected chi connectivity index (χ4v) is 7.69. The number of allylic oxidation sites excluding steroid dienone is 2. The van der Waals surface area contributed by atoms with Gasteiger partial charge in [0.15, 0.2) is 0 Å². The summed E-state index contributed by atoms with van der Waals surface area (Å²) in [5.74, 6) is 6.17. The van der Waals surface area contributed by atoms with Gasteiger partial charge in [-0.15, -0.1) is 0 Å². The highest BCUT2D eigenvalue weighted by Gasteiger charge is 2.38. The molecule has 3 aliphatic rings. The second-order valence-electron chi connectivity index (χ2n) is 11.7. The standard InChI is InChI=1S/C32H50/c1-3-5-7-9-25-11-14-27(15-12-25)28-17-19-29(20-18-28)31-22-21-30-23-26(10-8-6-4-2)13-16-32(30)24-31/h3,5,11-12,14-15,26,28-32H,4,6-10,13,16-24H2,1-2H3/b5-3+. The second kappa shape index (κ2) is 12.4. The van der Waals surface area contributed by atoms with Crippen LogP contribution in [0.2, 0.25) is 0 Å². The van der Waals surface area contributed by atoms with Crippen LogP contribution in [0, 0.1) is 29.6 Å². The summed E-state index contributed by atoms with van der Waals surface area (Å²) in [5.41, 5.74) is 3.11. The average molecular weight is 435 g/mol. The van der Waals surface area contributed by atoms with Gasteiger partial charge >= 0.3 is 0 Å². The van der Waals surface area contributed by atoms with Crippen LogP contribution < -0.4 is 0 Å². The van der Waals surface area contributed by atoms with Crippen molar-refractivity contribution < 1.29 is 0 Å². The first kappa shape index (κ1) is 24.1. The lowest BCUT2D eigenvalue weighted by molar-refractivity contribution is 0.0614. The van der Waals surface area contributed by atoms with E-state index in [1.807, 2.05) is 0 Å². The largest absolute Gasteiger partial charge is 0.0917 e. The lowest BCUT2D eigenvalue weighted by Crippen LogP contribution is -2.34. The van der Waals surface area contributed by atoms with E-state index in [1.165, 1.54) is 69.8 Å². The molecule has 3 aliphatic carbocycles. The Hall–Kier alpha value is -1.04. The van der Waals surface area contributed by atoms with Crippen molar-refractivity contribution in [3.63, 3.8) is 0 Å². The first-order valence-corrected chi connectivity index (χ1v) is 14.5. The van der Waals surface area contributed by atoms with Gasteiger partial charge in [0.05, 0.1) is 0 Å². The van der Waals surface area contributed by atoms with Crippen molar-refractivity contribution >= 4 is 0 Å². The van der Waals surface area contributed by atoms with E-state index in [4.69, 9.17) is 0 Å². The lowest BCUT2D eigenvalue weighted by Gasteiger charge is -2.45. The monoisotopic (exact) mass is 434 g/mol. The van der Waals surface area contributed by atoms with E-state index in [0.717, 1.165) is 35.5 Å². The lowest BCUT2D eigenvalue weighted by atomic mass is 9.60. The highest BCUT2D eigenvalue weighted by molar-refractivity contribution is 5.26. The molecule has 0 bridgehead atoms. The molecule has 1 aromatic rings. The van der Waals surface area contributed by atoms with Gasteiger partial charge in [0, 0.05) is 0 Å². The molecular weight excluding hydrogens is 384 g/mol. The minimum atomic E-state index is 0.825. The Kier molecular flexibility index (Phi) is 9.36. The summed E-state index contributed by atoms with van der Waals surface area (Å²) < 4.78 is 0. The second-order valence-corrected chi connectivity index (χ2v) is 11.7. The molecule has 3 saturated carbocycles. The van der Waals surface area contributed by atoms with Crippen LogP contribution in [0.4, 0.5) is 0 Å². The van der Waals surface area contributed by atoms with E-state index in [0.29, 0.717) is 0 Å². The Morgan fingerprint density at radius 2 is 1.41 bits per heavy atom. The van der Waals surface area contributed by atoms with Gasteiger partial charge in [-0.05, 0) is 124 Å². The van der Waals surface area contributed by atoms with Crippen molar-refractivity contribution in [2.75, 3.05) is 0 Å². The van der Waals surface area contributed by atoms with Gasteiger partial charge in [-0.3, -0.25) is 0 Å². The smallest absolute Gasteiger partial charge is 0.0162 e. The first-order valence-electron chi connectivity index (χ1n) is 14.5. The molecule has 0 heteroatoms. The molecule has 0 saturated heterocycles. The SMILES string of the molecule is C/C=C/CCc1ccc(C2CCC(C3CCC4CC(CCCCC)CCC4C3)CC2)cc1. The minimum absolute atomic E-state index is 0.825. The third kappa shape index (κ3) is 6.51. The van der Waals surface area contributed by atoms with Gasteiger partial charge in [0.1, 0.15) is 0 Å². The molecular formula is C32H50. The fourth-order valence-electron chi connectivity index (χ4n) is 7.69. The molecule has 0 radical (unpaired) electrons. The molecule has 0 aliphatic heterocycles. The van der Waals surface area contributed by atoms with Crippen LogP contribution in [0.3, 0.4) is 0 Å². The van der Waals surface area contributed by atoms with Crippen LogP contribution >= 0.6 is 0 Å². The Labute approximate surface area is 199 Å². The quantitative estimate of drug-likeness (QED) is 0.268. The maximum absolute atomic E-state index is 2.44. The molecule has 4 atom stereocenters. The van der Waals surface area contributed by atoms with Crippen molar-refractivity contribution in [3.05, 3.63) is 47.5 Å². The molecule has 0 heterocycles. The number of fused-ring (bicyclic) bond motifs is 1. The normalized spacial score (nSPS) is 33.3. The maximum atomic E-state index is 2.44. The first-order chi connectivity index (χ1) is 15.8. The predicted molar refractivity (Wildman–Crippen MR) is 140 cm³/mol. The number of hydrogen-bond donors (Lipinski definition) is 0. The molecule has 4 rings (SSSR count). The number of hydrogen-bond acceptors (Lipinski definition) is 0. The summed E-state index contributed by atoms with van der Waals surface area (Å²) in [6.07, 6.45) is 27.9. The number of benzene rings is 1. The van der Waals surface area contributed by atoms with Crippen LogP contribution in [-0.2, 0) is 6.42 Å². The van der Waals surface area contributed by atoms with Gasteiger partial charge < -0.3 is 0 Å². The van der Waals surface area contributed by atoms with Crippen molar-refractivity contribution in [3.8, 4) is 0 Å². The molecule has 1 aromatic carbocycles. The molecule has 0 amide bonds. The summed E-state index contributed by atoms with van der Waals surface area (Å²) in [6, 6.07) is 9.68. The van der Waals surface area contributed by atoms with Gasteiger partial charge in [-0.1, -0.05) is 75.4 Å². The molecule has 3 fully saturated rings. The van der Waals surface area contributed by atoms with Gasteiger partial charge in [-0.2, -0.15) is 0 Å². The molecule has 0 nitrogen and oxygen atoms in total. The third-order valence-corrected chi connectivity index (χ3v) is 9.70. The van der Waals surface area contributed by atoms with Gasteiger partial charge in [0.2, 0.25) is 0 Å². The summed E-state index contributed by atoms with van der Waals surface area (Å²) in [4.78, 5) is 0. The molecule has 178 valence electrons. The number of aryl methyl sites for hydroxylation is 1. The predicted octanol–water partition coefficient (Wildman–Crippen LogP) is 9.88. The van der Waals surface area contributed by atoms with Crippen molar-refractivity contribution in [1.29, 1.82) is 0 Å². The van der Waals surface area contributed by atoms with Crippen LogP contribution in [0.25, 0.3) is 0 Å². The highest BCUT2D eigenvalue weighted by Crippen LogP contribution is 2.50. The Morgan fingerprint density at radius 3 is 2.12 bits per heavy atom. The van der Waals surface area contributed by atoms with Crippen LogP contribution in [0.1, 0.15) is 127 Å². The van der Waals surface area contributed by atoms with E-state index in [-0.39, 0.29) is 0 Å². The van der Waals surface area contributed by atoms with Gasteiger partial charge in [0.25, 0.3) is 0 Å². The maximum Gasteiger partial charge on any atom is -0.0162 e. The Bertz CT molecular complexity index is 674. The van der Waals surface area contributed by atoms with Crippen LogP contribution in [0.5, 0.6) is 0 Å². The zero-order chi connectivity index (χ0) is 22.2. The van der Waals surface area contributed by atoms with E-state index in [2.05, 4.69) is 50.3 Å². The molecule has 0 N–H and O–H groups in total. The zero-order valence-corrected chi connectivity index (χ0v) is 21.2. The topological polar surface area (TPSA) is 0 Å². The average Bonchev–Trinajstić information content (AvgIpc) is 2.85. The summed E-state index contributed by atoms with van der Waals surface area (Å²) in [6.45, 7) is 4.46. The Balaban J connectivity index is 1.20. The minimum Gasteiger partial charge on any atom is -0.0917 e. The number of unbranched alkanes of at least 4 members (excludes halogenated alkanes) is 2. The Morgan fingerprint density at radius 1 is 0.750 bits per heavy atom. The van der Waals surface area contributed by atoms with E-state index >= 15 is 0 Å².